The van der Waals surface area contributed by atoms with Crippen LogP contribution in [0.25, 0.3) is 0 Å². The van der Waals surface area contributed by atoms with Crippen molar-refractivity contribution in [3.05, 3.63) is 0 Å². The quantitative estimate of drug-likeness (QED) is 0.702. The molecule has 0 aliphatic heterocycles. The van der Waals surface area contributed by atoms with E-state index in [1.54, 1.807) is 6.42 Å². The van der Waals surface area contributed by atoms with Gasteiger partial charge in [-0.1, -0.05) is 41.0 Å². The Morgan fingerprint density at radius 1 is 1.11 bits per heavy atom. The predicted molar refractivity (Wildman–Crippen MR) is 84.2 cm³/mol. The van der Waals surface area contributed by atoms with Gasteiger partial charge in [-0.25, -0.2) is 0 Å². The molecule has 2 aliphatic rings. The van der Waals surface area contributed by atoms with Crippen molar-refractivity contribution < 1.29 is 0 Å². The molecular formula is C18H35N. The standard InChI is InChI=1S/C18H35N/c1-13(2)11-19-12-18(5,14(3)4)10-17-9-15-6-7-16(17)8-15/h13-17,19H,6-12H2,1-5H3. The molecule has 112 valence electrons. The first kappa shape index (κ1) is 15.4. The lowest BCUT2D eigenvalue weighted by Gasteiger charge is -2.39. The monoisotopic (exact) mass is 265 g/mol. The average molecular weight is 265 g/mol. The van der Waals surface area contributed by atoms with Crippen molar-refractivity contribution in [3.63, 3.8) is 0 Å². The molecule has 4 unspecified atom stereocenters. The first-order valence-electron chi connectivity index (χ1n) is 8.61. The molecule has 4 atom stereocenters. The van der Waals surface area contributed by atoms with Gasteiger partial charge in [-0.15, -0.1) is 0 Å². The van der Waals surface area contributed by atoms with E-state index in [1.807, 2.05) is 0 Å². The van der Waals surface area contributed by atoms with E-state index < -0.39 is 0 Å². The SMILES string of the molecule is CC(C)CNCC(C)(CC1CC2CCC1C2)C(C)C. The van der Waals surface area contributed by atoms with Crippen molar-refractivity contribution in [1.29, 1.82) is 0 Å². The highest BCUT2D eigenvalue weighted by molar-refractivity contribution is 4.94. The number of hydrogen-bond donors (Lipinski definition) is 1. The van der Waals surface area contributed by atoms with Crippen LogP contribution in [0.2, 0.25) is 0 Å². The van der Waals surface area contributed by atoms with E-state index in [0.717, 1.165) is 29.6 Å². The van der Waals surface area contributed by atoms with E-state index in [2.05, 4.69) is 39.9 Å². The van der Waals surface area contributed by atoms with Crippen LogP contribution in [0.4, 0.5) is 0 Å². The molecule has 19 heavy (non-hydrogen) atoms. The summed E-state index contributed by atoms with van der Waals surface area (Å²) in [6.45, 7) is 14.3. The molecule has 0 amide bonds. The molecule has 0 saturated heterocycles. The van der Waals surface area contributed by atoms with Crippen molar-refractivity contribution in [3.8, 4) is 0 Å². The van der Waals surface area contributed by atoms with Gasteiger partial charge in [-0.2, -0.15) is 0 Å². The summed E-state index contributed by atoms with van der Waals surface area (Å²) < 4.78 is 0. The maximum atomic E-state index is 3.72. The van der Waals surface area contributed by atoms with Crippen LogP contribution in [0.5, 0.6) is 0 Å². The van der Waals surface area contributed by atoms with Crippen molar-refractivity contribution in [2.24, 2.45) is 35.0 Å². The second kappa shape index (κ2) is 6.16. The zero-order chi connectivity index (χ0) is 14.0. The lowest BCUT2D eigenvalue weighted by molar-refractivity contribution is 0.130. The Labute approximate surface area is 120 Å². The second-order valence-electron chi connectivity index (χ2n) is 8.47. The van der Waals surface area contributed by atoms with Gasteiger partial charge in [0.15, 0.2) is 0 Å². The first-order valence-corrected chi connectivity index (χ1v) is 8.61. The average Bonchev–Trinajstić information content (AvgIpc) is 2.89. The lowest BCUT2D eigenvalue weighted by atomic mass is 9.69. The van der Waals surface area contributed by atoms with Crippen molar-refractivity contribution in [1.82, 2.24) is 5.32 Å². The molecule has 1 nitrogen and oxygen atoms in total. The normalized spacial score (nSPS) is 33.3. The molecule has 0 radical (unpaired) electrons. The number of fused-ring (bicyclic) bond motifs is 2. The van der Waals surface area contributed by atoms with Crippen molar-refractivity contribution in [2.45, 2.75) is 66.7 Å². The van der Waals surface area contributed by atoms with Crippen LogP contribution < -0.4 is 5.32 Å². The maximum Gasteiger partial charge on any atom is 0.000783 e. The minimum atomic E-state index is 0.490. The minimum absolute atomic E-state index is 0.490. The molecule has 2 saturated carbocycles. The molecule has 2 fully saturated rings. The maximum absolute atomic E-state index is 3.72. The Kier molecular flexibility index (Phi) is 4.98. The highest BCUT2D eigenvalue weighted by Gasteiger charge is 2.43. The van der Waals surface area contributed by atoms with Gasteiger partial charge >= 0.3 is 0 Å². The fourth-order valence-corrected chi connectivity index (χ4v) is 4.38. The highest BCUT2D eigenvalue weighted by atomic mass is 14.9. The van der Waals surface area contributed by atoms with Crippen LogP contribution in [0.1, 0.15) is 66.7 Å². The van der Waals surface area contributed by atoms with Crippen LogP contribution in [-0.2, 0) is 0 Å². The third-order valence-corrected chi connectivity index (χ3v) is 6.09. The Morgan fingerprint density at radius 2 is 1.84 bits per heavy atom. The third-order valence-electron chi connectivity index (χ3n) is 6.09. The molecule has 1 heteroatoms. The Morgan fingerprint density at radius 3 is 2.32 bits per heavy atom. The van der Waals surface area contributed by atoms with Crippen LogP contribution >= 0.6 is 0 Å². The molecule has 0 aromatic heterocycles. The number of hydrogen-bond acceptors (Lipinski definition) is 1. The molecule has 1 N–H and O–H groups in total. The van der Waals surface area contributed by atoms with Crippen LogP contribution in [0.3, 0.4) is 0 Å². The zero-order valence-corrected chi connectivity index (χ0v) is 13.8. The summed E-state index contributed by atoms with van der Waals surface area (Å²) in [5, 5.41) is 3.72. The Hall–Kier alpha value is -0.0400. The van der Waals surface area contributed by atoms with Gasteiger partial charge in [0.25, 0.3) is 0 Å². The molecule has 2 rings (SSSR count). The van der Waals surface area contributed by atoms with Crippen LogP contribution in [-0.4, -0.2) is 13.1 Å². The summed E-state index contributed by atoms with van der Waals surface area (Å²) in [4.78, 5) is 0. The molecule has 0 spiro atoms. The van der Waals surface area contributed by atoms with Gasteiger partial charge in [-0.3, -0.25) is 0 Å². The summed E-state index contributed by atoms with van der Waals surface area (Å²) in [5.41, 5.74) is 0.490. The molecule has 0 aromatic carbocycles. The number of nitrogens with one attached hydrogen (secondary N) is 1. The summed E-state index contributed by atoms with van der Waals surface area (Å²) in [7, 11) is 0. The molecule has 0 aromatic rings. The van der Waals surface area contributed by atoms with Crippen LogP contribution in [0.15, 0.2) is 0 Å². The van der Waals surface area contributed by atoms with Gasteiger partial charge in [0.1, 0.15) is 0 Å². The van der Waals surface area contributed by atoms with Crippen LogP contribution in [0, 0.1) is 35.0 Å². The third kappa shape index (κ3) is 3.74. The van der Waals surface area contributed by atoms with E-state index >= 15 is 0 Å². The van der Waals surface area contributed by atoms with Crippen molar-refractivity contribution >= 4 is 0 Å². The topological polar surface area (TPSA) is 12.0 Å². The number of rotatable bonds is 7. The molecule has 2 bridgehead atoms. The van der Waals surface area contributed by atoms with Gasteiger partial charge in [0.05, 0.1) is 0 Å². The minimum Gasteiger partial charge on any atom is -0.316 e. The second-order valence-corrected chi connectivity index (χ2v) is 8.47. The smallest absolute Gasteiger partial charge is 0.000783 e. The van der Waals surface area contributed by atoms with Gasteiger partial charge in [-0.05, 0) is 67.2 Å². The lowest BCUT2D eigenvalue weighted by Crippen LogP contribution is -2.39. The first-order chi connectivity index (χ1) is 8.90. The summed E-state index contributed by atoms with van der Waals surface area (Å²) in [6, 6.07) is 0. The summed E-state index contributed by atoms with van der Waals surface area (Å²) in [6.07, 6.45) is 7.61. The summed E-state index contributed by atoms with van der Waals surface area (Å²) in [5.74, 6) is 4.75. The fourth-order valence-electron chi connectivity index (χ4n) is 4.38. The highest BCUT2D eigenvalue weighted by Crippen LogP contribution is 2.52. The fraction of sp³-hybridized carbons (Fsp3) is 1.00. The van der Waals surface area contributed by atoms with E-state index in [1.165, 1.54) is 38.8 Å². The van der Waals surface area contributed by atoms with Gasteiger partial charge < -0.3 is 5.32 Å². The largest absolute Gasteiger partial charge is 0.316 e. The molecule has 0 heterocycles. The van der Waals surface area contributed by atoms with Crippen molar-refractivity contribution in [2.75, 3.05) is 13.1 Å². The zero-order valence-electron chi connectivity index (χ0n) is 13.8. The van der Waals surface area contributed by atoms with E-state index in [9.17, 15) is 0 Å². The Bertz CT molecular complexity index is 283. The molecule has 2 aliphatic carbocycles. The summed E-state index contributed by atoms with van der Waals surface area (Å²) >= 11 is 0. The Balaban J connectivity index is 1.87. The molecular weight excluding hydrogens is 230 g/mol. The van der Waals surface area contributed by atoms with E-state index in [-0.39, 0.29) is 0 Å². The van der Waals surface area contributed by atoms with Gasteiger partial charge in [0.2, 0.25) is 0 Å². The van der Waals surface area contributed by atoms with E-state index in [0.29, 0.717) is 5.41 Å². The van der Waals surface area contributed by atoms with Gasteiger partial charge in [0, 0.05) is 6.54 Å². The predicted octanol–water partition coefficient (Wildman–Crippen LogP) is 4.72. The van der Waals surface area contributed by atoms with E-state index in [4.69, 9.17) is 0 Å².